The molecule has 0 amide bonds. The van der Waals surface area contributed by atoms with Crippen LogP contribution in [0.4, 0.5) is 0 Å². The summed E-state index contributed by atoms with van der Waals surface area (Å²) in [6, 6.07) is 8.19. The Hall–Kier alpha value is -2.10. The summed E-state index contributed by atoms with van der Waals surface area (Å²) in [4.78, 5) is 7.01. The monoisotopic (exact) mass is 540 g/mol. The predicted molar refractivity (Wildman–Crippen MR) is 138 cm³/mol. The maximum atomic E-state index is 5.23. The van der Waals surface area contributed by atoms with Crippen LogP contribution < -0.4 is 10.1 Å². The second-order valence-corrected chi connectivity index (χ2v) is 7.45. The van der Waals surface area contributed by atoms with Crippen molar-refractivity contribution in [1.29, 1.82) is 0 Å². The molecule has 0 aliphatic carbocycles. The van der Waals surface area contributed by atoms with E-state index in [4.69, 9.17) is 9.73 Å². The molecule has 2 rings (SSSR count). The van der Waals surface area contributed by atoms with E-state index in [1.165, 1.54) is 18.4 Å². The Kier molecular flexibility index (Phi) is 12.9. The van der Waals surface area contributed by atoms with E-state index in [1.807, 2.05) is 36.7 Å². The Balaban J connectivity index is 0.00000480. The Morgan fingerprint density at radius 2 is 1.97 bits per heavy atom. The van der Waals surface area contributed by atoms with Crippen molar-refractivity contribution in [2.75, 3.05) is 27.2 Å². The third kappa shape index (κ3) is 9.28. The second kappa shape index (κ2) is 14.8. The van der Waals surface area contributed by atoms with Crippen molar-refractivity contribution >= 4 is 29.9 Å². The van der Waals surface area contributed by atoms with Gasteiger partial charge in [-0.3, -0.25) is 0 Å². The number of halogens is 1. The van der Waals surface area contributed by atoms with Gasteiger partial charge in [0.25, 0.3) is 0 Å². The Morgan fingerprint density at radius 1 is 1.23 bits per heavy atom. The first-order valence-electron chi connectivity index (χ1n) is 10.6. The van der Waals surface area contributed by atoms with Gasteiger partial charge in [-0.25, -0.2) is 4.99 Å². The fourth-order valence-corrected chi connectivity index (χ4v) is 3.08. The standard InChI is InChI=1S/C23H36N6O.HI/c1-6-7-8-9-10-17-28(3)23(25-18-22-27-26-19(2)29(22)4)24-16-15-20-11-13-21(30-5)14-12-20;/h6,11-14H,1,7-10,15-18H2,2-5H3,(H,24,25);1H. The highest BCUT2D eigenvalue weighted by Gasteiger charge is 2.09. The molecule has 0 spiro atoms. The Labute approximate surface area is 204 Å². The summed E-state index contributed by atoms with van der Waals surface area (Å²) < 4.78 is 7.21. The fraction of sp³-hybridized carbons (Fsp3) is 0.522. The van der Waals surface area contributed by atoms with Crippen LogP contribution in [-0.4, -0.2) is 52.9 Å². The molecule has 0 atom stereocenters. The highest BCUT2D eigenvalue weighted by molar-refractivity contribution is 14.0. The number of allylic oxidation sites excluding steroid dienone is 1. The number of aromatic nitrogens is 3. The average Bonchev–Trinajstić information content (AvgIpc) is 3.08. The molecule has 2 aromatic rings. The normalized spacial score (nSPS) is 11.0. The van der Waals surface area contributed by atoms with Gasteiger partial charge in [-0.2, -0.15) is 0 Å². The van der Waals surface area contributed by atoms with E-state index in [0.29, 0.717) is 6.54 Å². The van der Waals surface area contributed by atoms with Gasteiger partial charge in [0.2, 0.25) is 0 Å². The zero-order valence-corrected chi connectivity index (χ0v) is 21.6. The minimum absolute atomic E-state index is 0. The van der Waals surface area contributed by atoms with Crippen molar-refractivity contribution in [2.24, 2.45) is 12.0 Å². The third-order valence-corrected chi connectivity index (χ3v) is 5.17. The molecule has 1 N–H and O–H groups in total. The molecular weight excluding hydrogens is 503 g/mol. The van der Waals surface area contributed by atoms with E-state index >= 15 is 0 Å². The summed E-state index contributed by atoms with van der Waals surface area (Å²) in [6.45, 7) is 8.01. The van der Waals surface area contributed by atoms with Crippen LogP contribution in [0, 0.1) is 6.92 Å². The lowest BCUT2D eigenvalue weighted by molar-refractivity contribution is 0.414. The molecule has 0 unspecified atom stereocenters. The van der Waals surface area contributed by atoms with Gasteiger partial charge < -0.3 is 19.5 Å². The van der Waals surface area contributed by atoms with Crippen LogP contribution in [0.2, 0.25) is 0 Å². The first-order valence-corrected chi connectivity index (χ1v) is 10.6. The first-order chi connectivity index (χ1) is 14.5. The number of aliphatic imine (C=N–C) groups is 1. The van der Waals surface area contributed by atoms with Crippen molar-refractivity contribution in [1.82, 2.24) is 25.0 Å². The molecule has 1 aromatic heterocycles. The van der Waals surface area contributed by atoms with Gasteiger partial charge in [0, 0.05) is 27.2 Å². The summed E-state index contributed by atoms with van der Waals surface area (Å²) >= 11 is 0. The van der Waals surface area contributed by atoms with Gasteiger partial charge in [0.15, 0.2) is 11.8 Å². The molecule has 0 aliphatic rings. The zero-order valence-electron chi connectivity index (χ0n) is 19.3. The largest absolute Gasteiger partial charge is 0.497 e. The van der Waals surface area contributed by atoms with Crippen molar-refractivity contribution in [2.45, 2.75) is 45.6 Å². The molecule has 1 heterocycles. The summed E-state index contributed by atoms with van der Waals surface area (Å²) in [5.74, 6) is 3.53. The molecule has 31 heavy (non-hydrogen) atoms. The molecule has 8 heteroatoms. The van der Waals surface area contributed by atoms with Crippen LogP contribution in [0.25, 0.3) is 0 Å². The number of rotatable bonds is 12. The van der Waals surface area contributed by atoms with Crippen LogP contribution in [0.15, 0.2) is 41.9 Å². The van der Waals surface area contributed by atoms with Gasteiger partial charge in [-0.05, 0) is 50.3 Å². The summed E-state index contributed by atoms with van der Waals surface area (Å²) in [6.07, 6.45) is 7.49. The first kappa shape index (κ1) is 26.9. The number of benzene rings is 1. The highest BCUT2D eigenvalue weighted by Crippen LogP contribution is 2.11. The lowest BCUT2D eigenvalue weighted by Crippen LogP contribution is -2.40. The van der Waals surface area contributed by atoms with Crippen molar-refractivity contribution in [3.8, 4) is 5.75 Å². The van der Waals surface area contributed by atoms with E-state index in [1.54, 1.807) is 7.11 Å². The SMILES string of the molecule is C=CCCCCCN(C)C(=NCc1nnc(C)n1C)NCCc1ccc(OC)cc1.I. The summed E-state index contributed by atoms with van der Waals surface area (Å²) in [5, 5.41) is 11.9. The summed E-state index contributed by atoms with van der Waals surface area (Å²) in [5.41, 5.74) is 1.26. The lowest BCUT2D eigenvalue weighted by atomic mass is 10.1. The number of nitrogens with one attached hydrogen (secondary N) is 1. The van der Waals surface area contributed by atoms with E-state index in [0.717, 1.165) is 55.7 Å². The van der Waals surface area contributed by atoms with Gasteiger partial charge in [0.05, 0.1) is 7.11 Å². The minimum Gasteiger partial charge on any atom is -0.497 e. The van der Waals surface area contributed by atoms with Crippen molar-refractivity contribution in [3.05, 3.63) is 54.1 Å². The Bertz CT molecular complexity index is 803. The quantitative estimate of drug-likeness (QED) is 0.144. The number of aryl methyl sites for hydroxylation is 1. The van der Waals surface area contributed by atoms with Crippen LogP contribution in [0.1, 0.15) is 42.9 Å². The Morgan fingerprint density at radius 3 is 2.58 bits per heavy atom. The maximum Gasteiger partial charge on any atom is 0.194 e. The van der Waals surface area contributed by atoms with Crippen LogP contribution in [0.3, 0.4) is 0 Å². The molecule has 0 aliphatic heterocycles. The molecule has 172 valence electrons. The fourth-order valence-electron chi connectivity index (χ4n) is 3.08. The van der Waals surface area contributed by atoms with E-state index in [-0.39, 0.29) is 24.0 Å². The number of hydrogen-bond acceptors (Lipinski definition) is 4. The third-order valence-electron chi connectivity index (χ3n) is 5.17. The maximum absolute atomic E-state index is 5.23. The van der Waals surface area contributed by atoms with Crippen LogP contribution >= 0.6 is 24.0 Å². The number of nitrogens with zero attached hydrogens (tertiary/aromatic N) is 5. The molecular formula is C23H37IN6O. The highest BCUT2D eigenvalue weighted by atomic mass is 127. The van der Waals surface area contributed by atoms with Gasteiger partial charge in [-0.15, -0.1) is 40.8 Å². The molecule has 7 nitrogen and oxygen atoms in total. The van der Waals surface area contributed by atoms with Crippen LogP contribution in [0.5, 0.6) is 5.75 Å². The lowest BCUT2D eigenvalue weighted by Gasteiger charge is -2.22. The number of unbranched alkanes of at least 4 members (excludes halogenated alkanes) is 3. The van der Waals surface area contributed by atoms with Crippen LogP contribution in [-0.2, 0) is 20.0 Å². The molecule has 0 fully saturated rings. The minimum atomic E-state index is 0. The zero-order chi connectivity index (χ0) is 21.8. The second-order valence-electron chi connectivity index (χ2n) is 7.45. The predicted octanol–water partition coefficient (Wildman–Crippen LogP) is 4.12. The van der Waals surface area contributed by atoms with E-state index in [9.17, 15) is 0 Å². The molecule has 0 radical (unpaired) electrons. The number of methoxy groups -OCH3 is 1. The van der Waals surface area contributed by atoms with Crippen molar-refractivity contribution < 1.29 is 4.74 Å². The smallest absolute Gasteiger partial charge is 0.194 e. The van der Waals surface area contributed by atoms with E-state index < -0.39 is 0 Å². The van der Waals surface area contributed by atoms with Crippen molar-refractivity contribution in [3.63, 3.8) is 0 Å². The topological polar surface area (TPSA) is 67.6 Å². The van der Waals surface area contributed by atoms with Gasteiger partial charge >= 0.3 is 0 Å². The number of hydrogen-bond donors (Lipinski definition) is 1. The average molecular weight is 540 g/mol. The summed E-state index contributed by atoms with van der Waals surface area (Å²) in [7, 11) is 5.75. The number of guanidine groups is 1. The van der Waals surface area contributed by atoms with E-state index in [2.05, 4.69) is 46.2 Å². The molecule has 0 bridgehead atoms. The molecule has 0 saturated carbocycles. The molecule has 1 aromatic carbocycles. The molecule has 0 saturated heterocycles. The van der Waals surface area contributed by atoms with Gasteiger partial charge in [-0.1, -0.05) is 24.6 Å². The van der Waals surface area contributed by atoms with Gasteiger partial charge in [0.1, 0.15) is 18.1 Å². The number of ether oxygens (including phenoxy) is 1.